The molecule has 21 heavy (non-hydrogen) atoms. The lowest BCUT2D eigenvalue weighted by atomic mass is 10.1. The molecule has 1 heterocycles. The third kappa shape index (κ3) is 2.36. The van der Waals surface area contributed by atoms with Gasteiger partial charge in [0.2, 0.25) is 0 Å². The van der Waals surface area contributed by atoms with Gasteiger partial charge < -0.3 is 5.32 Å². The molecule has 2 aromatic carbocycles. The van der Waals surface area contributed by atoms with E-state index in [9.17, 15) is 14.9 Å². The molecule has 7 heteroatoms. The minimum absolute atomic E-state index is 0.0999. The first kappa shape index (κ1) is 13.3. The van der Waals surface area contributed by atoms with E-state index < -0.39 is 10.8 Å². The Labute approximate surface area is 124 Å². The molecule has 0 radical (unpaired) electrons. The van der Waals surface area contributed by atoms with Crippen molar-refractivity contribution in [3.63, 3.8) is 0 Å². The molecule has 1 amide bonds. The van der Waals surface area contributed by atoms with Crippen LogP contribution in [0.25, 0.3) is 0 Å². The van der Waals surface area contributed by atoms with Crippen molar-refractivity contribution in [1.29, 1.82) is 0 Å². The molecule has 0 unspecified atom stereocenters. The zero-order valence-corrected chi connectivity index (χ0v) is 11.3. The summed E-state index contributed by atoms with van der Waals surface area (Å²) in [6, 6.07) is 11.0. The van der Waals surface area contributed by atoms with Gasteiger partial charge in [-0.25, -0.2) is 4.99 Å². The number of non-ortho nitro benzene ring substituents is 1. The summed E-state index contributed by atoms with van der Waals surface area (Å²) in [5, 5.41) is 13.9. The molecule has 104 valence electrons. The van der Waals surface area contributed by atoms with Crippen LogP contribution >= 0.6 is 11.6 Å². The fraction of sp³-hybridized carbons (Fsp3) is 0. The molecule has 0 saturated carbocycles. The van der Waals surface area contributed by atoms with Crippen LogP contribution in [0, 0.1) is 10.1 Å². The van der Waals surface area contributed by atoms with Crippen LogP contribution in [-0.4, -0.2) is 16.5 Å². The third-order valence-electron chi connectivity index (χ3n) is 3.02. The predicted molar refractivity (Wildman–Crippen MR) is 79.4 cm³/mol. The number of fused-ring (bicyclic) bond motifs is 1. The van der Waals surface area contributed by atoms with E-state index in [1.165, 1.54) is 18.2 Å². The predicted octanol–water partition coefficient (Wildman–Crippen LogP) is 3.32. The Morgan fingerprint density at radius 3 is 2.67 bits per heavy atom. The summed E-state index contributed by atoms with van der Waals surface area (Å²) in [5.41, 5.74) is 1.34. The van der Waals surface area contributed by atoms with Gasteiger partial charge in [-0.15, -0.1) is 0 Å². The number of nitrogens with one attached hydrogen (secondary N) is 1. The monoisotopic (exact) mass is 301 g/mol. The van der Waals surface area contributed by atoms with Crippen molar-refractivity contribution >= 4 is 40.3 Å². The van der Waals surface area contributed by atoms with Crippen molar-refractivity contribution in [2.75, 3.05) is 5.32 Å². The summed E-state index contributed by atoms with van der Waals surface area (Å²) in [4.78, 5) is 26.5. The topological polar surface area (TPSA) is 84.6 Å². The third-order valence-corrected chi connectivity index (χ3v) is 3.34. The largest absolute Gasteiger partial charge is 0.320 e. The van der Waals surface area contributed by atoms with Crippen LogP contribution in [0.15, 0.2) is 47.5 Å². The summed E-state index contributed by atoms with van der Waals surface area (Å²) in [6.45, 7) is 0. The molecule has 2 aromatic rings. The molecule has 0 aromatic heterocycles. The Kier molecular flexibility index (Phi) is 3.15. The van der Waals surface area contributed by atoms with E-state index in [2.05, 4.69) is 10.3 Å². The lowest BCUT2D eigenvalue weighted by molar-refractivity contribution is -0.384. The van der Waals surface area contributed by atoms with Crippen LogP contribution in [0.3, 0.4) is 0 Å². The molecule has 0 spiro atoms. The summed E-state index contributed by atoms with van der Waals surface area (Å²) >= 11 is 6.01. The number of amides is 1. The van der Waals surface area contributed by atoms with Crippen LogP contribution < -0.4 is 5.32 Å². The van der Waals surface area contributed by atoms with Crippen molar-refractivity contribution in [2.45, 2.75) is 0 Å². The van der Waals surface area contributed by atoms with Crippen molar-refractivity contribution < 1.29 is 9.72 Å². The highest BCUT2D eigenvalue weighted by molar-refractivity contribution is 6.54. The molecule has 1 N–H and O–H groups in total. The van der Waals surface area contributed by atoms with Crippen LogP contribution in [0.1, 0.15) is 5.56 Å². The minimum Gasteiger partial charge on any atom is -0.320 e. The Hall–Kier alpha value is -2.73. The number of halogens is 1. The van der Waals surface area contributed by atoms with Gasteiger partial charge in [-0.3, -0.25) is 14.9 Å². The van der Waals surface area contributed by atoms with E-state index in [4.69, 9.17) is 11.6 Å². The second-order valence-corrected chi connectivity index (χ2v) is 4.76. The van der Waals surface area contributed by atoms with E-state index in [-0.39, 0.29) is 11.4 Å². The maximum absolute atomic E-state index is 12.0. The number of nitro groups is 1. The van der Waals surface area contributed by atoms with Crippen LogP contribution in [-0.2, 0) is 4.79 Å². The Morgan fingerprint density at radius 1 is 1.19 bits per heavy atom. The second-order valence-electron chi connectivity index (χ2n) is 4.35. The fourth-order valence-electron chi connectivity index (χ4n) is 2.03. The number of benzene rings is 2. The number of carbonyl (C=O) groups excluding carboxylic acids is 1. The highest BCUT2D eigenvalue weighted by Crippen LogP contribution is 2.31. The number of hydrogen-bond donors (Lipinski definition) is 1. The van der Waals surface area contributed by atoms with Gasteiger partial charge in [-0.2, -0.15) is 0 Å². The van der Waals surface area contributed by atoms with Gasteiger partial charge in [0.25, 0.3) is 11.6 Å². The summed E-state index contributed by atoms with van der Waals surface area (Å²) in [6.07, 6.45) is 0. The number of hydrogen-bond acceptors (Lipinski definition) is 4. The standard InChI is InChI=1S/C14H8ClN3O3/c15-10-3-1-2-4-12(10)16-13-9-7-8(18(20)21)5-6-11(9)17-14(13)19/h1-7H,(H,16,17,19). The highest BCUT2D eigenvalue weighted by atomic mass is 35.5. The molecule has 0 saturated heterocycles. The van der Waals surface area contributed by atoms with Crippen LogP contribution in [0.4, 0.5) is 17.1 Å². The van der Waals surface area contributed by atoms with E-state index in [0.29, 0.717) is 22.0 Å². The smallest absolute Gasteiger partial charge is 0.275 e. The zero-order valence-electron chi connectivity index (χ0n) is 10.5. The molecule has 0 aliphatic carbocycles. The van der Waals surface area contributed by atoms with Gasteiger partial charge in [0, 0.05) is 17.7 Å². The van der Waals surface area contributed by atoms with E-state index in [0.717, 1.165) is 0 Å². The Balaban J connectivity index is 2.14. The van der Waals surface area contributed by atoms with E-state index >= 15 is 0 Å². The number of para-hydroxylation sites is 1. The minimum atomic E-state index is -0.518. The number of nitrogens with zero attached hydrogens (tertiary/aromatic N) is 2. The molecule has 3 rings (SSSR count). The van der Waals surface area contributed by atoms with Crippen molar-refractivity contribution in [3.8, 4) is 0 Å². The van der Waals surface area contributed by atoms with Crippen molar-refractivity contribution in [1.82, 2.24) is 0 Å². The first-order chi connectivity index (χ1) is 10.1. The highest BCUT2D eigenvalue weighted by Gasteiger charge is 2.28. The maximum Gasteiger partial charge on any atom is 0.275 e. The van der Waals surface area contributed by atoms with Gasteiger partial charge in [0.1, 0.15) is 5.71 Å². The lowest BCUT2D eigenvalue weighted by Gasteiger charge is -2.00. The maximum atomic E-state index is 12.0. The molecule has 6 nitrogen and oxygen atoms in total. The first-order valence-corrected chi connectivity index (χ1v) is 6.37. The summed E-state index contributed by atoms with van der Waals surface area (Å²) in [5.74, 6) is -0.412. The van der Waals surface area contributed by atoms with Crippen LogP contribution in [0.5, 0.6) is 0 Å². The van der Waals surface area contributed by atoms with Crippen LogP contribution in [0.2, 0.25) is 5.02 Å². The van der Waals surface area contributed by atoms with Crippen molar-refractivity contribution in [3.05, 3.63) is 63.2 Å². The number of nitro benzene ring substituents is 1. The molecule has 0 fully saturated rings. The molecule has 1 aliphatic heterocycles. The lowest BCUT2D eigenvalue weighted by Crippen LogP contribution is -2.13. The van der Waals surface area contributed by atoms with Gasteiger partial charge in [-0.05, 0) is 18.2 Å². The zero-order chi connectivity index (χ0) is 15.0. The van der Waals surface area contributed by atoms with Gasteiger partial charge in [0.05, 0.1) is 21.3 Å². The normalized spacial score (nSPS) is 14.9. The van der Waals surface area contributed by atoms with E-state index in [1.54, 1.807) is 24.3 Å². The SMILES string of the molecule is O=C1Nc2ccc([N+](=O)[O-])cc2C1=Nc1ccccc1Cl. The average Bonchev–Trinajstić information content (AvgIpc) is 2.76. The van der Waals surface area contributed by atoms with E-state index in [1.807, 2.05) is 0 Å². The van der Waals surface area contributed by atoms with Gasteiger partial charge >= 0.3 is 0 Å². The molecule has 1 aliphatic rings. The Bertz CT molecular complexity index is 802. The summed E-state index contributed by atoms with van der Waals surface area (Å²) < 4.78 is 0. The molecular formula is C14H8ClN3O3. The summed E-state index contributed by atoms with van der Waals surface area (Å²) in [7, 11) is 0. The fourth-order valence-corrected chi connectivity index (χ4v) is 2.21. The molecular weight excluding hydrogens is 294 g/mol. The number of carbonyl (C=O) groups is 1. The molecule has 0 bridgehead atoms. The average molecular weight is 302 g/mol. The van der Waals surface area contributed by atoms with Gasteiger partial charge in [-0.1, -0.05) is 23.7 Å². The first-order valence-electron chi connectivity index (χ1n) is 5.99. The van der Waals surface area contributed by atoms with Crippen molar-refractivity contribution in [2.24, 2.45) is 4.99 Å². The quantitative estimate of drug-likeness (QED) is 0.682. The molecule has 0 atom stereocenters. The van der Waals surface area contributed by atoms with Gasteiger partial charge in [0.15, 0.2) is 0 Å². The second kappa shape index (κ2) is 4.99. The number of anilines is 1. The number of aliphatic imine (C=N–C) groups is 1. The number of rotatable bonds is 2. The Morgan fingerprint density at radius 2 is 1.95 bits per heavy atom.